The van der Waals surface area contributed by atoms with Crippen molar-refractivity contribution in [2.45, 2.75) is 26.3 Å². The van der Waals surface area contributed by atoms with Crippen molar-refractivity contribution in [1.29, 1.82) is 5.26 Å². The number of nitrogens with zero attached hydrogens (tertiary/aromatic N) is 1. The van der Waals surface area contributed by atoms with Crippen LogP contribution in [0.1, 0.15) is 20.3 Å². The van der Waals surface area contributed by atoms with Gasteiger partial charge in [-0.15, -0.1) is 0 Å². The van der Waals surface area contributed by atoms with Crippen molar-refractivity contribution in [3.63, 3.8) is 0 Å². The Kier molecular flexibility index (Phi) is 9.09. The molecule has 0 amide bonds. The molecule has 0 fully saturated rings. The lowest BCUT2D eigenvalue weighted by Crippen LogP contribution is -2.23. The van der Waals surface area contributed by atoms with E-state index >= 15 is 0 Å². The summed E-state index contributed by atoms with van der Waals surface area (Å²) in [6.07, 6.45) is 2.48. The highest BCUT2D eigenvalue weighted by atomic mass is 28.3. The van der Waals surface area contributed by atoms with Crippen LogP contribution in [0.2, 0.25) is 6.04 Å². The van der Waals surface area contributed by atoms with Gasteiger partial charge in [0.25, 0.3) is 6.26 Å². The molecule has 0 saturated carbocycles. The average molecular weight is 203 g/mol. The van der Waals surface area contributed by atoms with Crippen molar-refractivity contribution in [3.8, 4) is 6.26 Å². The molecule has 0 saturated heterocycles. The average Bonchev–Trinajstić information content (AvgIpc) is 2.13. The van der Waals surface area contributed by atoms with Crippen LogP contribution in [0.5, 0.6) is 0 Å². The van der Waals surface area contributed by atoms with Crippen molar-refractivity contribution in [3.05, 3.63) is 0 Å². The number of nitriles is 1. The standard InChI is InChI=1S/C8H17NO3Si/c1-3-11-13(12-4-2)7-5-6-10-8-9/h13H,3-7H2,1-2H3. The van der Waals surface area contributed by atoms with E-state index in [4.69, 9.17) is 14.1 Å². The summed E-state index contributed by atoms with van der Waals surface area (Å²) in [6, 6.07) is 0.906. The zero-order chi connectivity index (χ0) is 9.94. The molecule has 0 aromatic carbocycles. The molecule has 0 rings (SSSR count). The summed E-state index contributed by atoms with van der Waals surface area (Å²) in [5.41, 5.74) is 0. The molecule has 0 aromatic rings. The molecule has 0 spiro atoms. The highest BCUT2D eigenvalue weighted by molar-refractivity contribution is 6.44. The van der Waals surface area contributed by atoms with Crippen LogP contribution in [-0.4, -0.2) is 29.1 Å². The topological polar surface area (TPSA) is 51.5 Å². The van der Waals surface area contributed by atoms with Gasteiger partial charge in [0.1, 0.15) is 6.61 Å². The van der Waals surface area contributed by atoms with Gasteiger partial charge in [-0.3, -0.25) is 0 Å². The molecular weight excluding hydrogens is 186 g/mol. The highest BCUT2D eigenvalue weighted by Gasteiger charge is 2.10. The summed E-state index contributed by atoms with van der Waals surface area (Å²) in [4.78, 5) is 0. The van der Waals surface area contributed by atoms with Gasteiger partial charge in [-0.05, 0) is 26.3 Å². The molecule has 0 aromatic heterocycles. The smallest absolute Gasteiger partial charge is 0.321 e. The van der Waals surface area contributed by atoms with Crippen molar-refractivity contribution >= 4 is 9.28 Å². The van der Waals surface area contributed by atoms with Crippen molar-refractivity contribution < 1.29 is 13.6 Å². The van der Waals surface area contributed by atoms with Crippen LogP contribution in [0, 0.1) is 11.5 Å². The van der Waals surface area contributed by atoms with Crippen LogP contribution in [0.15, 0.2) is 0 Å². The number of rotatable bonds is 8. The monoisotopic (exact) mass is 203 g/mol. The summed E-state index contributed by atoms with van der Waals surface area (Å²) in [7, 11) is -1.47. The van der Waals surface area contributed by atoms with E-state index in [0.717, 1.165) is 12.5 Å². The van der Waals surface area contributed by atoms with Crippen LogP contribution in [0.25, 0.3) is 0 Å². The minimum Gasteiger partial charge on any atom is -0.428 e. The molecule has 0 unspecified atom stereocenters. The van der Waals surface area contributed by atoms with E-state index in [1.165, 1.54) is 0 Å². The third-order valence-corrected chi connectivity index (χ3v) is 3.75. The minimum absolute atomic E-state index is 0.472. The fourth-order valence-corrected chi connectivity index (χ4v) is 2.63. The molecule has 0 N–H and O–H groups in total. The van der Waals surface area contributed by atoms with Crippen molar-refractivity contribution in [1.82, 2.24) is 0 Å². The van der Waals surface area contributed by atoms with Gasteiger partial charge in [0.05, 0.1) is 0 Å². The minimum atomic E-state index is -1.47. The largest absolute Gasteiger partial charge is 0.428 e. The van der Waals surface area contributed by atoms with E-state index in [9.17, 15) is 0 Å². The number of ether oxygens (including phenoxy) is 1. The molecule has 4 nitrogen and oxygen atoms in total. The maximum absolute atomic E-state index is 8.11. The van der Waals surface area contributed by atoms with Gasteiger partial charge >= 0.3 is 9.28 Å². The second-order valence-electron chi connectivity index (χ2n) is 2.42. The Hall–Kier alpha value is -0.573. The Morgan fingerprint density at radius 1 is 1.23 bits per heavy atom. The first kappa shape index (κ1) is 12.4. The van der Waals surface area contributed by atoms with Crippen LogP contribution < -0.4 is 0 Å². The van der Waals surface area contributed by atoms with E-state index in [-0.39, 0.29) is 0 Å². The van der Waals surface area contributed by atoms with Gasteiger partial charge in [0.2, 0.25) is 0 Å². The quantitative estimate of drug-likeness (QED) is 0.337. The molecule has 13 heavy (non-hydrogen) atoms. The molecule has 0 bridgehead atoms. The Balaban J connectivity index is 3.39. The van der Waals surface area contributed by atoms with Gasteiger partial charge in [0.15, 0.2) is 0 Å². The third kappa shape index (κ3) is 7.78. The summed E-state index contributed by atoms with van der Waals surface area (Å²) in [5, 5.41) is 8.11. The Morgan fingerprint density at radius 3 is 2.31 bits per heavy atom. The summed E-state index contributed by atoms with van der Waals surface area (Å²) >= 11 is 0. The Morgan fingerprint density at radius 2 is 1.85 bits per heavy atom. The lowest BCUT2D eigenvalue weighted by atomic mass is 10.5. The third-order valence-electron chi connectivity index (χ3n) is 1.46. The van der Waals surface area contributed by atoms with E-state index < -0.39 is 9.28 Å². The molecule has 0 aliphatic rings. The molecule has 0 atom stereocenters. The first-order valence-corrected chi connectivity index (χ1v) is 6.35. The maximum Gasteiger partial charge on any atom is 0.321 e. The zero-order valence-corrected chi connectivity index (χ0v) is 9.44. The second-order valence-corrected chi connectivity index (χ2v) is 4.53. The van der Waals surface area contributed by atoms with Gasteiger partial charge in [-0.25, -0.2) is 0 Å². The predicted octanol–water partition coefficient (Wildman–Crippen LogP) is 1.17. The highest BCUT2D eigenvalue weighted by Crippen LogP contribution is 2.01. The van der Waals surface area contributed by atoms with Gasteiger partial charge in [0, 0.05) is 13.2 Å². The first-order chi connectivity index (χ1) is 6.35. The maximum atomic E-state index is 8.11. The molecule has 0 aliphatic carbocycles. The first-order valence-electron chi connectivity index (χ1n) is 4.59. The van der Waals surface area contributed by atoms with E-state index in [1.54, 1.807) is 6.26 Å². The van der Waals surface area contributed by atoms with E-state index in [1.807, 2.05) is 13.8 Å². The molecule has 5 heteroatoms. The molecule has 0 radical (unpaired) electrons. The van der Waals surface area contributed by atoms with Gasteiger partial charge in [-0.2, -0.15) is 5.26 Å². The van der Waals surface area contributed by atoms with E-state index in [2.05, 4.69) is 4.74 Å². The molecule has 76 valence electrons. The van der Waals surface area contributed by atoms with Crippen molar-refractivity contribution in [2.75, 3.05) is 19.8 Å². The predicted molar refractivity (Wildman–Crippen MR) is 51.4 cm³/mol. The van der Waals surface area contributed by atoms with Crippen LogP contribution in [0.4, 0.5) is 0 Å². The van der Waals surface area contributed by atoms with Crippen molar-refractivity contribution in [2.24, 2.45) is 0 Å². The summed E-state index contributed by atoms with van der Waals surface area (Å²) in [6.45, 7) is 5.81. The van der Waals surface area contributed by atoms with Crippen LogP contribution >= 0.6 is 0 Å². The Labute approximate surface area is 81.3 Å². The second kappa shape index (κ2) is 9.51. The zero-order valence-electron chi connectivity index (χ0n) is 8.28. The van der Waals surface area contributed by atoms with Crippen LogP contribution in [0.3, 0.4) is 0 Å². The van der Waals surface area contributed by atoms with Gasteiger partial charge in [-0.1, -0.05) is 0 Å². The number of hydrogen-bond acceptors (Lipinski definition) is 4. The van der Waals surface area contributed by atoms with Gasteiger partial charge < -0.3 is 13.6 Å². The molecular formula is C8H17NO3Si. The fourth-order valence-electron chi connectivity index (χ4n) is 0.954. The fraction of sp³-hybridized carbons (Fsp3) is 0.875. The molecule has 0 heterocycles. The number of hydrogen-bond donors (Lipinski definition) is 0. The summed E-state index contributed by atoms with van der Waals surface area (Å²) in [5.74, 6) is 0. The lowest BCUT2D eigenvalue weighted by Gasteiger charge is -2.13. The normalized spacial score (nSPS) is 10.0. The van der Waals surface area contributed by atoms with E-state index in [0.29, 0.717) is 19.8 Å². The molecule has 0 aliphatic heterocycles. The summed E-state index contributed by atoms with van der Waals surface area (Å²) < 4.78 is 15.4. The van der Waals surface area contributed by atoms with Crippen LogP contribution in [-0.2, 0) is 13.6 Å². The Bertz CT molecular complexity index is 143. The lowest BCUT2D eigenvalue weighted by molar-refractivity contribution is 0.206. The SMILES string of the molecule is CCO[SiH](CCCOC#N)OCC.